The van der Waals surface area contributed by atoms with Crippen LogP contribution in [0.1, 0.15) is 5.56 Å². The average molecular weight is 516 g/mol. The SMILES string of the molecule is O=C1S/C(=C\c2cccc(OS(=O)(=O)c3ccccc3)c2)C(=O)N1CCOc1ccccc1Cl. The van der Waals surface area contributed by atoms with Crippen LogP contribution in [-0.2, 0) is 14.9 Å². The summed E-state index contributed by atoms with van der Waals surface area (Å²) in [5.74, 6) is 0.0971. The second-order valence-electron chi connectivity index (χ2n) is 7.04. The lowest BCUT2D eigenvalue weighted by atomic mass is 10.2. The minimum absolute atomic E-state index is 0.0283. The van der Waals surface area contributed by atoms with Gasteiger partial charge in [-0.2, -0.15) is 8.42 Å². The van der Waals surface area contributed by atoms with Crippen LogP contribution in [0.3, 0.4) is 0 Å². The summed E-state index contributed by atoms with van der Waals surface area (Å²) in [4.78, 5) is 26.4. The number of amides is 2. The van der Waals surface area contributed by atoms with E-state index >= 15 is 0 Å². The van der Waals surface area contributed by atoms with Crippen LogP contribution in [0.5, 0.6) is 11.5 Å². The van der Waals surface area contributed by atoms with Crippen LogP contribution in [-0.4, -0.2) is 37.6 Å². The van der Waals surface area contributed by atoms with Gasteiger partial charge in [0, 0.05) is 0 Å². The molecule has 34 heavy (non-hydrogen) atoms. The topological polar surface area (TPSA) is 90.0 Å². The van der Waals surface area contributed by atoms with Crippen molar-refractivity contribution < 1.29 is 26.9 Å². The first-order valence-corrected chi connectivity index (χ1v) is 12.7. The lowest BCUT2D eigenvalue weighted by Crippen LogP contribution is -2.32. The number of thioether (sulfide) groups is 1. The van der Waals surface area contributed by atoms with E-state index in [9.17, 15) is 18.0 Å². The first-order valence-electron chi connectivity index (χ1n) is 10.1. The molecule has 3 aromatic rings. The molecule has 0 spiro atoms. The summed E-state index contributed by atoms with van der Waals surface area (Å²) in [7, 11) is -4.00. The molecule has 3 aromatic carbocycles. The molecule has 0 aromatic heterocycles. The molecular formula is C24H18ClNO6S2. The third kappa shape index (κ3) is 5.61. The largest absolute Gasteiger partial charge is 0.490 e. The summed E-state index contributed by atoms with van der Waals surface area (Å²) >= 11 is 6.84. The Morgan fingerprint density at radius 2 is 1.68 bits per heavy atom. The van der Waals surface area contributed by atoms with Gasteiger partial charge in [0.15, 0.2) is 0 Å². The van der Waals surface area contributed by atoms with E-state index in [0.717, 1.165) is 16.7 Å². The van der Waals surface area contributed by atoms with Crippen molar-refractivity contribution in [2.24, 2.45) is 0 Å². The second-order valence-corrected chi connectivity index (χ2v) is 9.98. The predicted molar refractivity (Wildman–Crippen MR) is 130 cm³/mol. The van der Waals surface area contributed by atoms with Crippen LogP contribution in [0.2, 0.25) is 5.02 Å². The molecule has 1 fully saturated rings. The maximum atomic E-state index is 12.7. The van der Waals surface area contributed by atoms with E-state index in [1.807, 2.05) is 0 Å². The fourth-order valence-corrected chi connectivity index (χ4v) is 5.07. The summed E-state index contributed by atoms with van der Waals surface area (Å²) in [5, 5.41) is 0.0194. The molecule has 0 N–H and O–H groups in total. The lowest BCUT2D eigenvalue weighted by Gasteiger charge is -2.13. The van der Waals surface area contributed by atoms with Crippen molar-refractivity contribution in [2.75, 3.05) is 13.2 Å². The number of carbonyl (C=O) groups excluding carboxylic acids is 2. The van der Waals surface area contributed by atoms with Gasteiger partial charge < -0.3 is 8.92 Å². The third-order valence-electron chi connectivity index (χ3n) is 4.68. The molecule has 0 radical (unpaired) electrons. The number of halogens is 1. The molecule has 4 rings (SSSR count). The number of ether oxygens (including phenoxy) is 1. The van der Waals surface area contributed by atoms with E-state index in [0.29, 0.717) is 16.3 Å². The van der Waals surface area contributed by atoms with Crippen molar-refractivity contribution in [1.29, 1.82) is 0 Å². The molecular weight excluding hydrogens is 498 g/mol. The number of para-hydroxylation sites is 1. The van der Waals surface area contributed by atoms with Crippen LogP contribution >= 0.6 is 23.4 Å². The standard InChI is InChI=1S/C24H18ClNO6S2/c25-20-11-4-5-12-21(20)31-14-13-26-23(27)22(33-24(26)28)16-17-7-6-8-18(15-17)32-34(29,30)19-9-2-1-3-10-19/h1-12,15-16H,13-14H2/b22-16-. The van der Waals surface area contributed by atoms with Gasteiger partial charge >= 0.3 is 10.1 Å². The van der Waals surface area contributed by atoms with Crippen molar-refractivity contribution in [2.45, 2.75) is 4.90 Å². The van der Waals surface area contributed by atoms with E-state index in [-0.39, 0.29) is 28.7 Å². The zero-order valence-electron chi connectivity index (χ0n) is 17.6. The van der Waals surface area contributed by atoms with E-state index < -0.39 is 21.3 Å². The highest BCUT2D eigenvalue weighted by Crippen LogP contribution is 2.33. The molecule has 1 saturated heterocycles. The van der Waals surface area contributed by atoms with Gasteiger partial charge in [-0.05, 0) is 59.8 Å². The zero-order valence-corrected chi connectivity index (χ0v) is 20.0. The van der Waals surface area contributed by atoms with Crippen molar-refractivity contribution in [3.8, 4) is 11.5 Å². The summed E-state index contributed by atoms with van der Waals surface area (Å²) < 4.78 is 35.7. The maximum absolute atomic E-state index is 12.7. The molecule has 1 heterocycles. The Kier molecular flexibility index (Phi) is 7.26. The van der Waals surface area contributed by atoms with Crippen molar-refractivity contribution in [3.63, 3.8) is 0 Å². The van der Waals surface area contributed by atoms with E-state index in [4.69, 9.17) is 20.5 Å². The first kappa shape index (κ1) is 23.9. The Hall–Kier alpha value is -3.27. The van der Waals surface area contributed by atoms with Crippen LogP contribution in [0.4, 0.5) is 4.79 Å². The fraction of sp³-hybridized carbons (Fsp3) is 0.0833. The Labute approximate surface area is 206 Å². The molecule has 1 aliphatic heterocycles. The lowest BCUT2D eigenvalue weighted by molar-refractivity contribution is -0.123. The molecule has 7 nitrogen and oxygen atoms in total. The number of benzene rings is 3. The highest BCUT2D eigenvalue weighted by Gasteiger charge is 2.34. The fourth-order valence-electron chi connectivity index (χ4n) is 3.07. The minimum Gasteiger partial charge on any atom is -0.490 e. The molecule has 2 amide bonds. The summed E-state index contributed by atoms with van der Waals surface area (Å²) in [5.41, 5.74) is 0.513. The molecule has 0 unspecified atom stereocenters. The Morgan fingerprint density at radius 3 is 2.44 bits per heavy atom. The summed E-state index contributed by atoms with van der Waals surface area (Å²) in [6, 6.07) is 21.0. The Balaban J connectivity index is 1.43. The molecule has 174 valence electrons. The number of rotatable bonds is 8. The van der Waals surface area contributed by atoms with Gasteiger partial charge in [0.1, 0.15) is 23.0 Å². The second kappa shape index (κ2) is 10.3. The minimum atomic E-state index is -4.00. The number of hydrogen-bond acceptors (Lipinski definition) is 7. The smallest absolute Gasteiger partial charge is 0.339 e. The van der Waals surface area contributed by atoms with Gasteiger partial charge in [0.25, 0.3) is 11.1 Å². The van der Waals surface area contributed by atoms with Gasteiger partial charge in [-0.3, -0.25) is 14.5 Å². The summed E-state index contributed by atoms with van der Waals surface area (Å²) in [6.07, 6.45) is 1.52. The number of nitrogens with zero attached hydrogens (tertiary/aromatic N) is 1. The monoisotopic (exact) mass is 515 g/mol. The van der Waals surface area contributed by atoms with Crippen LogP contribution < -0.4 is 8.92 Å². The van der Waals surface area contributed by atoms with Gasteiger partial charge in [-0.25, -0.2) is 0 Å². The Morgan fingerprint density at radius 1 is 0.941 bits per heavy atom. The first-order chi connectivity index (χ1) is 16.3. The van der Waals surface area contributed by atoms with Crippen molar-refractivity contribution in [3.05, 3.63) is 94.4 Å². The van der Waals surface area contributed by atoms with Crippen LogP contribution in [0.25, 0.3) is 6.08 Å². The molecule has 0 aliphatic carbocycles. The number of imide groups is 1. The number of hydrogen-bond donors (Lipinski definition) is 0. The third-order valence-corrected chi connectivity index (χ3v) is 7.16. The quantitative estimate of drug-likeness (QED) is 0.300. The van der Waals surface area contributed by atoms with Crippen molar-refractivity contribution >= 4 is 50.7 Å². The molecule has 0 atom stereocenters. The Bertz CT molecular complexity index is 1360. The summed E-state index contributed by atoms with van der Waals surface area (Å²) in [6.45, 7) is 0.154. The molecule has 1 aliphatic rings. The van der Waals surface area contributed by atoms with Gasteiger partial charge in [0.05, 0.1) is 16.5 Å². The zero-order chi connectivity index (χ0) is 24.1. The van der Waals surface area contributed by atoms with Gasteiger partial charge in [-0.1, -0.05) is 54.1 Å². The van der Waals surface area contributed by atoms with Gasteiger partial charge in [-0.15, -0.1) is 0 Å². The normalized spacial score (nSPS) is 15.1. The average Bonchev–Trinajstić information content (AvgIpc) is 3.08. The number of carbonyl (C=O) groups is 2. The van der Waals surface area contributed by atoms with Crippen LogP contribution in [0.15, 0.2) is 88.7 Å². The molecule has 0 bridgehead atoms. The molecule has 0 saturated carbocycles. The van der Waals surface area contributed by atoms with E-state index in [2.05, 4.69) is 0 Å². The van der Waals surface area contributed by atoms with Crippen molar-refractivity contribution in [1.82, 2.24) is 4.90 Å². The van der Waals surface area contributed by atoms with Crippen LogP contribution in [0, 0.1) is 0 Å². The van der Waals surface area contributed by atoms with E-state index in [1.54, 1.807) is 54.6 Å². The highest BCUT2D eigenvalue weighted by atomic mass is 35.5. The maximum Gasteiger partial charge on any atom is 0.339 e. The predicted octanol–water partition coefficient (Wildman–Crippen LogP) is 5.22. The van der Waals surface area contributed by atoms with Gasteiger partial charge in [0.2, 0.25) is 0 Å². The van der Waals surface area contributed by atoms with E-state index in [1.165, 1.54) is 30.3 Å². The highest BCUT2D eigenvalue weighted by molar-refractivity contribution is 8.18. The molecule has 10 heteroatoms.